The molecule has 2 aromatic carbocycles. The van der Waals surface area contributed by atoms with Crippen molar-refractivity contribution in [3.63, 3.8) is 0 Å². The number of carbonyl (C=O) groups excluding carboxylic acids is 2. The molecule has 3 aromatic rings. The van der Waals surface area contributed by atoms with Crippen molar-refractivity contribution in [1.82, 2.24) is 0 Å². The fraction of sp³-hybridized carbons (Fsp3) is 0.217. The van der Waals surface area contributed by atoms with Gasteiger partial charge in [-0.2, -0.15) is 0 Å². The third-order valence-corrected chi connectivity index (χ3v) is 6.12. The predicted molar refractivity (Wildman–Crippen MR) is 116 cm³/mol. The fourth-order valence-electron chi connectivity index (χ4n) is 3.30. The maximum atomic E-state index is 12.6. The van der Waals surface area contributed by atoms with Gasteiger partial charge in [-0.15, -0.1) is 11.8 Å². The van der Waals surface area contributed by atoms with Crippen LogP contribution in [0.3, 0.4) is 0 Å². The van der Waals surface area contributed by atoms with Gasteiger partial charge in [0.05, 0.1) is 12.0 Å². The highest BCUT2D eigenvalue weighted by molar-refractivity contribution is 8.00. The second-order valence-corrected chi connectivity index (χ2v) is 8.30. The first-order valence-corrected chi connectivity index (χ1v) is 10.6. The number of hydrogen-bond donors (Lipinski definition) is 1. The molecule has 1 fully saturated rings. The molecule has 0 unspecified atom stereocenters. The Morgan fingerprint density at radius 3 is 2.45 bits per heavy atom. The summed E-state index contributed by atoms with van der Waals surface area (Å²) >= 11 is 1.61. The zero-order valence-electron chi connectivity index (χ0n) is 16.3. The lowest BCUT2D eigenvalue weighted by Gasteiger charge is -2.25. The highest BCUT2D eigenvalue weighted by Gasteiger charge is 2.34. The minimum Gasteiger partial charge on any atom is -0.459 e. The third kappa shape index (κ3) is 4.07. The first-order chi connectivity index (χ1) is 14.0. The lowest BCUT2D eigenvalue weighted by molar-refractivity contribution is -0.115. The van der Waals surface area contributed by atoms with Crippen molar-refractivity contribution in [2.75, 3.05) is 16.0 Å². The summed E-state index contributed by atoms with van der Waals surface area (Å²) in [5.74, 6) is 0.982. The van der Waals surface area contributed by atoms with Crippen LogP contribution in [0.15, 0.2) is 71.3 Å². The molecule has 148 valence electrons. The maximum absolute atomic E-state index is 12.6. The Morgan fingerprint density at radius 1 is 1.10 bits per heavy atom. The van der Waals surface area contributed by atoms with E-state index in [1.54, 1.807) is 23.9 Å². The molecule has 6 heteroatoms. The van der Waals surface area contributed by atoms with Crippen molar-refractivity contribution < 1.29 is 14.0 Å². The van der Waals surface area contributed by atoms with Gasteiger partial charge in [0.15, 0.2) is 5.76 Å². The molecule has 5 nitrogen and oxygen atoms in total. The molecule has 0 aliphatic carbocycles. The molecule has 0 saturated carbocycles. The van der Waals surface area contributed by atoms with E-state index in [1.165, 1.54) is 11.8 Å². The van der Waals surface area contributed by atoms with Gasteiger partial charge in [-0.1, -0.05) is 38.1 Å². The molecule has 0 bridgehead atoms. The van der Waals surface area contributed by atoms with Crippen molar-refractivity contribution in [2.45, 2.75) is 25.1 Å². The summed E-state index contributed by atoms with van der Waals surface area (Å²) in [4.78, 5) is 26.5. The number of hydrogen-bond acceptors (Lipinski definition) is 4. The molecule has 1 aliphatic heterocycles. The second-order valence-electron chi connectivity index (χ2n) is 7.23. The van der Waals surface area contributed by atoms with Crippen molar-refractivity contribution in [3.8, 4) is 0 Å². The van der Waals surface area contributed by atoms with Crippen LogP contribution < -0.4 is 10.2 Å². The van der Waals surface area contributed by atoms with E-state index in [4.69, 9.17) is 4.42 Å². The van der Waals surface area contributed by atoms with E-state index in [0.717, 1.165) is 11.3 Å². The molecule has 0 spiro atoms. The smallest absolute Gasteiger partial charge is 0.291 e. The fourth-order valence-corrected chi connectivity index (χ4v) is 4.48. The van der Waals surface area contributed by atoms with Crippen LogP contribution >= 0.6 is 11.8 Å². The molecule has 1 aliphatic rings. The summed E-state index contributed by atoms with van der Waals surface area (Å²) in [7, 11) is 0. The number of thioether (sulfide) groups is 1. The Hall–Kier alpha value is -2.99. The van der Waals surface area contributed by atoms with E-state index in [-0.39, 0.29) is 22.9 Å². The standard InChI is InChI=1S/C23H22N2O3S/c1-15(2)16-7-11-19(12-8-16)25-21(26)14-29-23(25)17-5-9-18(10-6-17)24-22(27)20-4-3-13-28-20/h3-13,15,23H,14H2,1-2H3,(H,24,27)/t23-/m0/s1. The van der Waals surface area contributed by atoms with Crippen LogP contribution in [0.5, 0.6) is 0 Å². The number of benzene rings is 2. The Labute approximate surface area is 174 Å². The molecule has 2 amide bonds. The number of rotatable bonds is 5. The van der Waals surface area contributed by atoms with Gasteiger partial charge >= 0.3 is 0 Å². The zero-order chi connectivity index (χ0) is 20.4. The second kappa shape index (κ2) is 8.17. The van der Waals surface area contributed by atoms with Crippen LogP contribution in [0.2, 0.25) is 0 Å². The average molecular weight is 407 g/mol. The van der Waals surface area contributed by atoms with E-state index in [2.05, 4.69) is 31.3 Å². The number of carbonyl (C=O) groups is 2. The SMILES string of the molecule is CC(C)c1ccc(N2C(=O)CS[C@H]2c2ccc(NC(=O)c3ccco3)cc2)cc1. The van der Waals surface area contributed by atoms with Gasteiger partial charge in [0, 0.05) is 11.4 Å². The highest BCUT2D eigenvalue weighted by Crippen LogP contribution is 2.42. The number of anilines is 2. The molecular weight excluding hydrogens is 384 g/mol. The summed E-state index contributed by atoms with van der Waals surface area (Å²) in [6, 6.07) is 19.1. The summed E-state index contributed by atoms with van der Waals surface area (Å²) < 4.78 is 5.11. The quantitative estimate of drug-likeness (QED) is 0.613. The van der Waals surface area contributed by atoms with Gasteiger partial charge in [0.2, 0.25) is 5.91 Å². The lowest BCUT2D eigenvalue weighted by atomic mass is 10.0. The molecule has 2 heterocycles. The summed E-state index contributed by atoms with van der Waals surface area (Å²) in [5.41, 5.74) is 3.85. The van der Waals surface area contributed by atoms with E-state index >= 15 is 0 Å². The normalized spacial score (nSPS) is 16.4. The number of furan rings is 1. The van der Waals surface area contributed by atoms with Gasteiger partial charge in [-0.05, 0) is 53.4 Å². The monoisotopic (exact) mass is 406 g/mol. The first kappa shape index (κ1) is 19.3. The van der Waals surface area contributed by atoms with Gasteiger partial charge < -0.3 is 9.73 Å². The van der Waals surface area contributed by atoms with E-state index in [9.17, 15) is 9.59 Å². The summed E-state index contributed by atoms with van der Waals surface area (Å²) in [6.45, 7) is 4.31. The Balaban J connectivity index is 1.52. The van der Waals surface area contributed by atoms with Gasteiger partial charge in [-0.25, -0.2) is 0 Å². The van der Waals surface area contributed by atoms with Crippen LogP contribution in [0.1, 0.15) is 46.8 Å². The highest BCUT2D eigenvalue weighted by atomic mass is 32.2. The van der Waals surface area contributed by atoms with Crippen LogP contribution in [0.25, 0.3) is 0 Å². The predicted octanol–water partition coefficient (Wildman–Crippen LogP) is 5.43. The largest absolute Gasteiger partial charge is 0.459 e. The topological polar surface area (TPSA) is 62.6 Å². The van der Waals surface area contributed by atoms with Gasteiger partial charge in [-0.3, -0.25) is 14.5 Å². The third-order valence-electron chi connectivity index (χ3n) is 4.90. The first-order valence-electron chi connectivity index (χ1n) is 9.51. The number of amides is 2. The molecule has 1 saturated heterocycles. The molecule has 1 atom stereocenters. The summed E-state index contributed by atoms with van der Waals surface area (Å²) in [6.07, 6.45) is 1.47. The van der Waals surface area contributed by atoms with Crippen LogP contribution in [-0.4, -0.2) is 17.6 Å². The Kier molecular flexibility index (Phi) is 5.45. The van der Waals surface area contributed by atoms with Crippen molar-refractivity contribution >= 4 is 35.0 Å². The van der Waals surface area contributed by atoms with Crippen molar-refractivity contribution in [1.29, 1.82) is 0 Å². The van der Waals surface area contributed by atoms with Crippen molar-refractivity contribution in [2.24, 2.45) is 0 Å². The average Bonchev–Trinajstić information content (AvgIpc) is 3.39. The molecular formula is C23H22N2O3S. The number of nitrogens with zero attached hydrogens (tertiary/aromatic N) is 1. The van der Waals surface area contributed by atoms with E-state index < -0.39 is 0 Å². The summed E-state index contributed by atoms with van der Waals surface area (Å²) in [5, 5.41) is 2.73. The Bertz CT molecular complexity index is 996. The maximum Gasteiger partial charge on any atom is 0.291 e. The number of nitrogens with one attached hydrogen (secondary N) is 1. The van der Waals surface area contributed by atoms with Gasteiger partial charge in [0.25, 0.3) is 5.91 Å². The molecule has 0 radical (unpaired) electrons. The lowest BCUT2D eigenvalue weighted by Crippen LogP contribution is -2.27. The van der Waals surface area contributed by atoms with Gasteiger partial charge in [0.1, 0.15) is 5.37 Å². The van der Waals surface area contributed by atoms with E-state index in [1.807, 2.05) is 41.3 Å². The molecule has 4 rings (SSSR count). The van der Waals surface area contributed by atoms with Crippen LogP contribution in [-0.2, 0) is 4.79 Å². The van der Waals surface area contributed by atoms with Crippen LogP contribution in [0, 0.1) is 0 Å². The molecule has 1 N–H and O–H groups in total. The van der Waals surface area contributed by atoms with E-state index in [0.29, 0.717) is 17.4 Å². The molecule has 29 heavy (non-hydrogen) atoms. The Morgan fingerprint density at radius 2 is 1.83 bits per heavy atom. The zero-order valence-corrected chi connectivity index (χ0v) is 17.1. The van der Waals surface area contributed by atoms with Crippen LogP contribution in [0.4, 0.5) is 11.4 Å². The minimum atomic E-state index is -0.292. The molecule has 1 aromatic heterocycles. The minimum absolute atomic E-state index is 0.0813. The van der Waals surface area contributed by atoms with Crippen molar-refractivity contribution in [3.05, 3.63) is 83.8 Å².